The number of ketones is 1. The average Bonchev–Trinajstić information content (AvgIpc) is 2.69. The fourth-order valence-electron chi connectivity index (χ4n) is 2.39. The molecule has 4 nitrogen and oxygen atoms in total. The molecule has 0 unspecified atom stereocenters. The number of halogens is 2. The molecule has 0 bridgehead atoms. The van der Waals surface area contributed by atoms with Crippen LogP contribution in [-0.4, -0.2) is 17.9 Å². The zero-order chi connectivity index (χ0) is 19.2. The Hall–Kier alpha value is -2.82. The van der Waals surface area contributed by atoms with Crippen LogP contribution in [0.4, 0.5) is 11.5 Å². The van der Waals surface area contributed by atoms with Gasteiger partial charge in [-0.3, -0.25) is 4.79 Å². The normalized spacial score (nSPS) is 10.8. The molecule has 2 aromatic carbocycles. The van der Waals surface area contributed by atoms with Gasteiger partial charge >= 0.3 is 0 Å². The summed E-state index contributed by atoms with van der Waals surface area (Å²) in [5, 5.41) is 4.20. The zero-order valence-corrected chi connectivity index (χ0v) is 16.0. The Labute approximate surface area is 167 Å². The SMILES string of the molecule is COc1ccc(C(=O)/C=C/c2cccnc2Nc2ccc(Cl)cc2Cl)cc1. The largest absolute Gasteiger partial charge is 0.497 e. The molecule has 0 aliphatic rings. The van der Waals surface area contributed by atoms with Gasteiger partial charge in [0.05, 0.1) is 17.8 Å². The standard InChI is InChI=1S/C21H16Cl2N2O2/c1-27-17-8-4-14(5-9-17)20(26)11-6-15-3-2-12-24-21(15)25-19-10-7-16(22)13-18(19)23/h2-13H,1H3,(H,24,25)/b11-6+. The van der Waals surface area contributed by atoms with Crippen molar-refractivity contribution in [3.05, 3.63) is 88.0 Å². The first-order valence-electron chi connectivity index (χ1n) is 8.10. The maximum absolute atomic E-state index is 12.4. The Balaban J connectivity index is 1.80. The predicted molar refractivity (Wildman–Crippen MR) is 110 cm³/mol. The van der Waals surface area contributed by atoms with E-state index >= 15 is 0 Å². The third kappa shape index (κ3) is 4.88. The van der Waals surface area contributed by atoms with Crippen LogP contribution in [0.15, 0.2) is 66.9 Å². The molecular formula is C21H16Cl2N2O2. The number of hydrogen-bond acceptors (Lipinski definition) is 4. The van der Waals surface area contributed by atoms with E-state index in [-0.39, 0.29) is 5.78 Å². The van der Waals surface area contributed by atoms with Gasteiger partial charge in [-0.05, 0) is 66.7 Å². The number of ether oxygens (including phenoxy) is 1. The van der Waals surface area contributed by atoms with Crippen molar-refractivity contribution in [2.45, 2.75) is 0 Å². The van der Waals surface area contributed by atoms with E-state index in [1.54, 1.807) is 67.9 Å². The maximum atomic E-state index is 12.4. The van der Waals surface area contributed by atoms with Crippen molar-refractivity contribution in [2.75, 3.05) is 12.4 Å². The summed E-state index contributed by atoms with van der Waals surface area (Å²) in [6.45, 7) is 0. The number of allylic oxidation sites excluding steroid dienone is 1. The third-order valence-corrected chi connectivity index (χ3v) is 4.36. The summed E-state index contributed by atoms with van der Waals surface area (Å²) in [5.74, 6) is 1.17. The highest BCUT2D eigenvalue weighted by atomic mass is 35.5. The van der Waals surface area contributed by atoms with Crippen molar-refractivity contribution in [1.29, 1.82) is 0 Å². The van der Waals surface area contributed by atoms with Gasteiger partial charge in [0.25, 0.3) is 0 Å². The molecule has 0 radical (unpaired) electrons. The topological polar surface area (TPSA) is 51.2 Å². The minimum Gasteiger partial charge on any atom is -0.497 e. The second kappa shape index (κ2) is 8.71. The smallest absolute Gasteiger partial charge is 0.185 e. The van der Waals surface area contributed by atoms with E-state index in [2.05, 4.69) is 10.3 Å². The monoisotopic (exact) mass is 398 g/mol. The van der Waals surface area contributed by atoms with E-state index in [1.165, 1.54) is 6.08 Å². The van der Waals surface area contributed by atoms with Gasteiger partial charge in [0, 0.05) is 22.3 Å². The van der Waals surface area contributed by atoms with Crippen LogP contribution in [0.3, 0.4) is 0 Å². The zero-order valence-electron chi connectivity index (χ0n) is 14.4. The fourth-order valence-corrected chi connectivity index (χ4v) is 2.85. The Morgan fingerprint density at radius 3 is 2.59 bits per heavy atom. The van der Waals surface area contributed by atoms with E-state index in [4.69, 9.17) is 27.9 Å². The molecule has 27 heavy (non-hydrogen) atoms. The summed E-state index contributed by atoms with van der Waals surface area (Å²) >= 11 is 12.1. The molecule has 0 aliphatic heterocycles. The van der Waals surface area contributed by atoms with E-state index in [0.29, 0.717) is 32.9 Å². The van der Waals surface area contributed by atoms with Gasteiger partial charge in [0.2, 0.25) is 0 Å². The van der Waals surface area contributed by atoms with Crippen LogP contribution >= 0.6 is 23.2 Å². The summed E-state index contributed by atoms with van der Waals surface area (Å²) in [5.41, 5.74) is 2.01. The van der Waals surface area contributed by atoms with Crippen LogP contribution in [0.1, 0.15) is 15.9 Å². The van der Waals surface area contributed by atoms with Crippen LogP contribution in [0, 0.1) is 0 Å². The summed E-state index contributed by atoms with van der Waals surface area (Å²) in [6.07, 6.45) is 4.88. The number of carbonyl (C=O) groups is 1. The van der Waals surface area contributed by atoms with Crippen molar-refractivity contribution in [2.24, 2.45) is 0 Å². The molecule has 0 aliphatic carbocycles. The van der Waals surface area contributed by atoms with Gasteiger partial charge in [-0.15, -0.1) is 0 Å². The van der Waals surface area contributed by atoms with Gasteiger partial charge in [0.1, 0.15) is 11.6 Å². The van der Waals surface area contributed by atoms with Crippen molar-refractivity contribution >= 4 is 46.6 Å². The Morgan fingerprint density at radius 1 is 1.11 bits per heavy atom. The molecule has 0 atom stereocenters. The van der Waals surface area contributed by atoms with Gasteiger partial charge in [-0.1, -0.05) is 23.2 Å². The van der Waals surface area contributed by atoms with Crippen LogP contribution in [0.2, 0.25) is 10.0 Å². The molecule has 136 valence electrons. The molecule has 1 heterocycles. The number of anilines is 2. The number of benzene rings is 2. The highest BCUT2D eigenvalue weighted by molar-refractivity contribution is 6.36. The molecule has 1 N–H and O–H groups in total. The second-order valence-corrected chi connectivity index (χ2v) is 6.46. The van der Waals surface area contributed by atoms with Crippen molar-refractivity contribution in [3.63, 3.8) is 0 Å². The summed E-state index contributed by atoms with van der Waals surface area (Å²) < 4.78 is 5.10. The average molecular weight is 399 g/mol. The lowest BCUT2D eigenvalue weighted by atomic mass is 10.1. The van der Waals surface area contributed by atoms with E-state index in [9.17, 15) is 4.79 Å². The highest BCUT2D eigenvalue weighted by Gasteiger charge is 2.07. The number of aromatic nitrogens is 1. The third-order valence-electron chi connectivity index (χ3n) is 3.81. The number of carbonyl (C=O) groups excluding carboxylic acids is 1. The molecule has 0 saturated carbocycles. The number of nitrogens with one attached hydrogen (secondary N) is 1. The molecule has 0 amide bonds. The predicted octanol–water partition coefficient (Wildman–Crippen LogP) is 6.04. The Bertz CT molecular complexity index is 986. The minimum atomic E-state index is -0.114. The van der Waals surface area contributed by atoms with Crippen LogP contribution < -0.4 is 10.1 Å². The highest BCUT2D eigenvalue weighted by Crippen LogP contribution is 2.29. The van der Waals surface area contributed by atoms with Crippen molar-refractivity contribution in [1.82, 2.24) is 4.98 Å². The first-order valence-corrected chi connectivity index (χ1v) is 8.86. The van der Waals surface area contributed by atoms with Crippen LogP contribution in [0.5, 0.6) is 5.75 Å². The number of nitrogens with zero attached hydrogens (tertiary/aromatic N) is 1. The number of hydrogen-bond donors (Lipinski definition) is 1. The molecule has 0 saturated heterocycles. The van der Waals surface area contributed by atoms with Crippen molar-refractivity contribution < 1.29 is 9.53 Å². The second-order valence-electron chi connectivity index (χ2n) is 5.62. The lowest BCUT2D eigenvalue weighted by Crippen LogP contribution is -1.98. The van der Waals surface area contributed by atoms with Gasteiger partial charge in [-0.2, -0.15) is 0 Å². The van der Waals surface area contributed by atoms with E-state index in [0.717, 1.165) is 5.56 Å². The summed E-state index contributed by atoms with van der Waals surface area (Å²) in [7, 11) is 1.58. The molecule has 3 rings (SSSR count). The first-order chi connectivity index (χ1) is 13.1. The first kappa shape index (κ1) is 19.0. The molecule has 3 aromatic rings. The Kier molecular flexibility index (Phi) is 6.12. The molecular weight excluding hydrogens is 383 g/mol. The van der Waals surface area contributed by atoms with Gasteiger partial charge < -0.3 is 10.1 Å². The molecule has 6 heteroatoms. The number of rotatable bonds is 6. The lowest BCUT2D eigenvalue weighted by molar-refractivity contribution is 0.104. The molecule has 1 aromatic heterocycles. The van der Waals surface area contributed by atoms with Crippen LogP contribution in [-0.2, 0) is 0 Å². The van der Waals surface area contributed by atoms with E-state index in [1.807, 2.05) is 6.07 Å². The van der Waals surface area contributed by atoms with Gasteiger partial charge in [-0.25, -0.2) is 4.98 Å². The summed E-state index contributed by atoms with van der Waals surface area (Å²) in [6, 6.07) is 15.8. The summed E-state index contributed by atoms with van der Waals surface area (Å²) in [4.78, 5) is 16.7. The number of pyridine rings is 1. The number of methoxy groups -OCH3 is 1. The maximum Gasteiger partial charge on any atom is 0.185 e. The quantitative estimate of drug-likeness (QED) is 0.406. The van der Waals surface area contributed by atoms with Gasteiger partial charge in [0.15, 0.2) is 5.78 Å². The Morgan fingerprint density at radius 2 is 1.89 bits per heavy atom. The van der Waals surface area contributed by atoms with Crippen molar-refractivity contribution in [3.8, 4) is 5.75 Å². The van der Waals surface area contributed by atoms with E-state index < -0.39 is 0 Å². The minimum absolute atomic E-state index is 0.114. The lowest BCUT2D eigenvalue weighted by Gasteiger charge is -2.10. The fraction of sp³-hybridized carbons (Fsp3) is 0.0476. The van der Waals surface area contributed by atoms with Crippen LogP contribution in [0.25, 0.3) is 6.08 Å². The molecule has 0 fully saturated rings. The molecule has 0 spiro atoms.